The Kier molecular flexibility index (Phi) is 5.18. The van der Waals surface area contributed by atoms with E-state index in [1.165, 1.54) is 17.4 Å². The molecule has 2 aromatic rings. The fourth-order valence-corrected chi connectivity index (χ4v) is 3.07. The number of amides is 1. The number of anilines is 1. The van der Waals surface area contributed by atoms with E-state index in [1.54, 1.807) is 32.2 Å². The SMILES string of the molecule is COc1ccc(/C=C\C(=O)Nc2sc(C)c(C)c2C(=O)O)cc1. The molecule has 0 aliphatic rings. The molecule has 0 saturated carbocycles. The first kappa shape index (κ1) is 16.8. The van der Waals surface area contributed by atoms with Gasteiger partial charge in [-0.15, -0.1) is 11.3 Å². The number of carbonyl (C=O) groups excluding carboxylic acids is 1. The summed E-state index contributed by atoms with van der Waals surface area (Å²) < 4.78 is 5.07. The standard InChI is InChI=1S/C17H17NO4S/c1-10-11(2)23-16(15(10)17(20)21)18-14(19)9-6-12-4-7-13(22-3)8-5-12/h4-9H,1-3H3,(H,18,19)(H,20,21)/b9-6-. The Balaban J connectivity index is 2.11. The number of aromatic carboxylic acids is 1. The number of nitrogens with one attached hydrogen (secondary N) is 1. The lowest BCUT2D eigenvalue weighted by atomic mass is 10.1. The van der Waals surface area contributed by atoms with E-state index in [0.29, 0.717) is 10.6 Å². The van der Waals surface area contributed by atoms with Crippen LogP contribution in [0.1, 0.15) is 26.4 Å². The molecule has 2 N–H and O–H groups in total. The van der Waals surface area contributed by atoms with Gasteiger partial charge in [-0.2, -0.15) is 0 Å². The van der Waals surface area contributed by atoms with Crippen LogP contribution in [0, 0.1) is 13.8 Å². The molecule has 6 heteroatoms. The van der Waals surface area contributed by atoms with Crippen molar-refractivity contribution in [3.05, 3.63) is 51.9 Å². The number of carboxylic acids is 1. The summed E-state index contributed by atoms with van der Waals surface area (Å²) in [5.74, 6) is -0.673. The normalized spacial score (nSPS) is 10.7. The lowest BCUT2D eigenvalue weighted by molar-refractivity contribution is -0.111. The molecular weight excluding hydrogens is 314 g/mol. The molecule has 0 spiro atoms. The zero-order valence-electron chi connectivity index (χ0n) is 13.0. The Labute approximate surface area is 138 Å². The van der Waals surface area contributed by atoms with E-state index < -0.39 is 5.97 Å². The maximum Gasteiger partial charge on any atom is 0.338 e. The lowest BCUT2D eigenvalue weighted by Gasteiger charge is -2.02. The second kappa shape index (κ2) is 7.11. The Morgan fingerprint density at radius 3 is 2.43 bits per heavy atom. The molecule has 0 bridgehead atoms. The quantitative estimate of drug-likeness (QED) is 0.819. The van der Waals surface area contributed by atoms with Crippen LogP contribution in [0.3, 0.4) is 0 Å². The van der Waals surface area contributed by atoms with Gasteiger partial charge in [-0.05, 0) is 43.2 Å². The molecule has 1 aromatic heterocycles. The molecule has 0 radical (unpaired) electrons. The van der Waals surface area contributed by atoms with E-state index in [1.807, 2.05) is 19.1 Å². The minimum Gasteiger partial charge on any atom is -0.497 e. The highest BCUT2D eigenvalue weighted by Crippen LogP contribution is 2.32. The van der Waals surface area contributed by atoms with Gasteiger partial charge in [0.25, 0.3) is 0 Å². The fourth-order valence-electron chi connectivity index (χ4n) is 2.01. The molecule has 0 saturated heterocycles. The molecular formula is C17H17NO4S. The van der Waals surface area contributed by atoms with Gasteiger partial charge in [0.05, 0.1) is 12.7 Å². The van der Waals surface area contributed by atoms with E-state index in [0.717, 1.165) is 16.2 Å². The molecule has 0 unspecified atom stereocenters. The van der Waals surface area contributed by atoms with Crippen molar-refractivity contribution in [2.24, 2.45) is 0 Å². The third-order valence-electron chi connectivity index (χ3n) is 3.38. The first-order valence-electron chi connectivity index (χ1n) is 6.88. The highest BCUT2D eigenvalue weighted by atomic mass is 32.1. The number of methoxy groups -OCH3 is 1. The van der Waals surface area contributed by atoms with Gasteiger partial charge in [-0.25, -0.2) is 4.79 Å². The van der Waals surface area contributed by atoms with Gasteiger partial charge in [-0.3, -0.25) is 4.79 Å². The fraction of sp³-hybridized carbons (Fsp3) is 0.176. The molecule has 0 fully saturated rings. The average Bonchev–Trinajstić information content (AvgIpc) is 2.80. The van der Waals surface area contributed by atoms with Crippen molar-refractivity contribution in [2.45, 2.75) is 13.8 Å². The van der Waals surface area contributed by atoms with Crippen LogP contribution >= 0.6 is 11.3 Å². The van der Waals surface area contributed by atoms with Gasteiger partial charge in [0.2, 0.25) is 5.91 Å². The van der Waals surface area contributed by atoms with Crippen LogP contribution in [0.15, 0.2) is 30.3 Å². The van der Waals surface area contributed by atoms with Gasteiger partial charge >= 0.3 is 5.97 Å². The predicted octanol–water partition coefficient (Wildman–Crippen LogP) is 3.72. The van der Waals surface area contributed by atoms with Crippen LogP contribution in [0.4, 0.5) is 5.00 Å². The molecule has 5 nitrogen and oxygen atoms in total. The molecule has 0 aliphatic carbocycles. The largest absolute Gasteiger partial charge is 0.497 e. The summed E-state index contributed by atoms with van der Waals surface area (Å²) in [5, 5.41) is 12.2. The number of carboxylic acid groups (broad SMARTS) is 1. The summed E-state index contributed by atoms with van der Waals surface area (Å²) in [7, 11) is 1.59. The Morgan fingerprint density at radius 2 is 1.87 bits per heavy atom. The zero-order valence-corrected chi connectivity index (χ0v) is 13.9. The number of aryl methyl sites for hydroxylation is 1. The average molecular weight is 331 g/mol. The van der Waals surface area contributed by atoms with Gasteiger partial charge < -0.3 is 15.2 Å². The Bertz CT molecular complexity index is 760. The second-order valence-electron chi connectivity index (χ2n) is 4.89. The smallest absolute Gasteiger partial charge is 0.338 e. The van der Waals surface area contributed by atoms with Crippen molar-refractivity contribution in [3.63, 3.8) is 0 Å². The molecule has 0 aliphatic heterocycles. The topological polar surface area (TPSA) is 75.6 Å². The van der Waals surface area contributed by atoms with Crippen molar-refractivity contribution in [1.29, 1.82) is 0 Å². The summed E-state index contributed by atoms with van der Waals surface area (Å²) in [5.41, 5.74) is 1.67. The van der Waals surface area contributed by atoms with Gasteiger partial charge in [0.1, 0.15) is 10.8 Å². The van der Waals surface area contributed by atoms with Gasteiger partial charge in [0, 0.05) is 11.0 Å². The zero-order chi connectivity index (χ0) is 17.0. The summed E-state index contributed by atoms with van der Waals surface area (Å²) in [6, 6.07) is 7.24. The van der Waals surface area contributed by atoms with Crippen LogP contribution in [0.25, 0.3) is 6.08 Å². The third-order valence-corrected chi connectivity index (χ3v) is 4.50. The van der Waals surface area contributed by atoms with E-state index in [9.17, 15) is 14.7 Å². The minimum atomic E-state index is -1.04. The molecule has 120 valence electrons. The number of carbonyl (C=O) groups is 2. The van der Waals surface area contributed by atoms with E-state index in [2.05, 4.69) is 5.32 Å². The van der Waals surface area contributed by atoms with Crippen molar-refractivity contribution in [2.75, 3.05) is 12.4 Å². The molecule has 23 heavy (non-hydrogen) atoms. The summed E-state index contributed by atoms with van der Waals surface area (Å²) >= 11 is 1.26. The number of ether oxygens (including phenoxy) is 1. The molecule has 1 heterocycles. The number of rotatable bonds is 5. The highest BCUT2D eigenvalue weighted by Gasteiger charge is 2.19. The molecule has 2 rings (SSSR count). The number of thiophene rings is 1. The Hall–Kier alpha value is -2.60. The number of hydrogen-bond acceptors (Lipinski definition) is 4. The summed E-state index contributed by atoms with van der Waals surface area (Å²) in [4.78, 5) is 24.2. The molecule has 0 atom stereocenters. The summed E-state index contributed by atoms with van der Waals surface area (Å²) in [6.45, 7) is 3.56. The highest BCUT2D eigenvalue weighted by molar-refractivity contribution is 7.16. The first-order valence-corrected chi connectivity index (χ1v) is 7.70. The van der Waals surface area contributed by atoms with E-state index in [4.69, 9.17) is 4.74 Å². The van der Waals surface area contributed by atoms with E-state index in [-0.39, 0.29) is 11.5 Å². The second-order valence-corrected chi connectivity index (χ2v) is 6.11. The van der Waals surface area contributed by atoms with Crippen LogP contribution < -0.4 is 10.1 Å². The first-order chi connectivity index (χ1) is 10.9. The van der Waals surface area contributed by atoms with Crippen LogP contribution in [0.2, 0.25) is 0 Å². The minimum absolute atomic E-state index is 0.152. The Morgan fingerprint density at radius 1 is 1.22 bits per heavy atom. The van der Waals surface area contributed by atoms with Crippen molar-refractivity contribution in [1.82, 2.24) is 0 Å². The number of hydrogen-bond donors (Lipinski definition) is 2. The van der Waals surface area contributed by atoms with Gasteiger partial charge in [-0.1, -0.05) is 12.1 Å². The van der Waals surface area contributed by atoms with Crippen molar-refractivity contribution in [3.8, 4) is 5.75 Å². The van der Waals surface area contributed by atoms with Crippen molar-refractivity contribution >= 4 is 34.3 Å². The van der Waals surface area contributed by atoms with Crippen LogP contribution in [0.5, 0.6) is 5.75 Å². The van der Waals surface area contributed by atoms with E-state index >= 15 is 0 Å². The maximum atomic E-state index is 12.0. The summed E-state index contributed by atoms with van der Waals surface area (Å²) in [6.07, 6.45) is 3.03. The van der Waals surface area contributed by atoms with Crippen molar-refractivity contribution < 1.29 is 19.4 Å². The molecule has 1 amide bonds. The maximum absolute atomic E-state index is 12.0. The van der Waals surface area contributed by atoms with Crippen LogP contribution in [-0.2, 0) is 4.79 Å². The third kappa shape index (κ3) is 3.98. The van der Waals surface area contributed by atoms with Gasteiger partial charge in [0.15, 0.2) is 0 Å². The van der Waals surface area contributed by atoms with Crippen LogP contribution in [-0.4, -0.2) is 24.1 Å². The predicted molar refractivity (Wildman–Crippen MR) is 91.4 cm³/mol. The molecule has 1 aromatic carbocycles. The monoisotopic (exact) mass is 331 g/mol. The lowest BCUT2D eigenvalue weighted by Crippen LogP contribution is -2.10. The number of benzene rings is 1.